The number of nitrogen functional groups attached to an aromatic ring is 1. The molecule has 7 nitrogen and oxygen atoms in total. The topological polar surface area (TPSA) is 98.8 Å². The van der Waals surface area contributed by atoms with Crippen LogP contribution < -0.4 is 16.0 Å². The molecule has 0 aliphatic carbocycles. The molecule has 0 aromatic carbocycles. The Labute approximate surface area is 112 Å². The first-order valence-electron chi connectivity index (χ1n) is 5.24. The standard InChI is InChI=1S/C9H12N6OS2/c1-2-4-16-7-12-6(15-10)13-8(14-7)18-9-11-3-5-17-9/h3,5H,2,4,10H2,1H3,(H,12,13,14,15). The van der Waals surface area contributed by atoms with Crippen molar-refractivity contribution in [2.45, 2.75) is 22.8 Å². The van der Waals surface area contributed by atoms with Crippen LogP contribution in [0.4, 0.5) is 5.95 Å². The molecule has 0 bridgehead atoms. The highest BCUT2D eigenvalue weighted by Gasteiger charge is 2.09. The van der Waals surface area contributed by atoms with Crippen molar-refractivity contribution in [1.82, 2.24) is 19.9 Å². The van der Waals surface area contributed by atoms with E-state index < -0.39 is 0 Å². The van der Waals surface area contributed by atoms with Crippen LogP contribution in [0.5, 0.6) is 6.01 Å². The SMILES string of the molecule is CCCOc1nc(NN)nc(Sc2nccs2)n1. The number of ether oxygens (including phenoxy) is 1. The number of nitrogens with zero attached hydrogens (tertiary/aromatic N) is 4. The molecule has 96 valence electrons. The third kappa shape index (κ3) is 3.52. The predicted octanol–water partition coefficient (Wildman–Crippen LogP) is 1.55. The molecule has 0 amide bonds. The first-order valence-corrected chi connectivity index (χ1v) is 6.94. The fraction of sp³-hybridized carbons (Fsp3) is 0.333. The molecule has 18 heavy (non-hydrogen) atoms. The second-order valence-corrected chi connectivity index (χ2v) is 5.23. The van der Waals surface area contributed by atoms with Gasteiger partial charge in [0.2, 0.25) is 11.1 Å². The van der Waals surface area contributed by atoms with E-state index in [9.17, 15) is 0 Å². The van der Waals surface area contributed by atoms with Gasteiger partial charge in [-0.2, -0.15) is 15.0 Å². The van der Waals surface area contributed by atoms with Gasteiger partial charge in [0.25, 0.3) is 0 Å². The Morgan fingerprint density at radius 3 is 3.00 bits per heavy atom. The smallest absolute Gasteiger partial charge is 0.322 e. The highest BCUT2D eigenvalue weighted by atomic mass is 32.2. The Morgan fingerprint density at radius 2 is 2.33 bits per heavy atom. The number of hydrazine groups is 1. The van der Waals surface area contributed by atoms with Crippen molar-refractivity contribution < 1.29 is 4.74 Å². The van der Waals surface area contributed by atoms with Crippen LogP contribution in [0.3, 0.4) is 0 Å². The van der Waals surface area contributed by atoms with Gasteiger partial charge in [-0.3, -0.25) is 5.43 Å². The number of hydrogen-bond donors (Lipinski definition) is 2. The zero-order valence-corrected chi connectivity index (χ0v) is 11.3. The van der Waals surface area contributed by atoms with Crippen molar-refractivity contribution in [1.29, 1.82) is 0 Å². The lowest BCUT2D eigenvalue weighted by Crippen LogP contribution is -2.13. The van der Waals surface area contributed by atoms with Gasteiger partial charge in [-0.05, 0) is 18.2 Å². The normalized spacial score (nSPS) is 10.3. The largest absolute Gasteiger partial charge is 0.463 e. The monoisotopic (exact) mass is 284 g/mol. The molecule has 3 N–H and O–H groups in total. The fourth-order valence-corrected chi connectivity index (χ4v) is 2.51. The zero-order valence-electron chi connectivity index (χ0n) is 9.66. The lowest BCUT2D eigenvalue weighted by atomic mass is 10.5. The second kappa shape index (κ2) is 6.47. The van der Waals surface area contributed by atoms with E-state index in [1.165, 1.54) is 23.1 Å². The number of aromatic nitrogens is 4. The van der Waals surface area contributed by atoms with Gasteiger partial charge in [0.05, 0.1) is 6.61 Å². The summed E-state index contributed by atoms with van der Waals surface area (Å²) in [6.45, 7) is 2.56. The van der Waals surface area contributed by atoms with Crippen LogP contribution in [0, 0.1) is 0 Å². The van der Waals surface area contributed by atoms with E-state index in [1.54, 1.807) is 6.20 Å². The summed E-state index contributed by atoms with van der Waals surface area (Å²) < 4.78 is 6.22. The molecule has 0 fully saturated rings. The molecule has 2 aromatic rings. The first-order chi connectivity index (χ1) is 8.81. The van der Waals surface area contributed by atoms with E-state index in [4.69, 9.17) is 10.6 Å². The number of nitrogens with two attached hydrogens (primary N) is 1. The van der Waals surface area contributed by atoms with Gasteiger partial charge in [-0.15, -0.1) is 11.3 Å². The van der Waals surface area contributed by atoms with E-state index >= 15 is 0 Å². The van der Waals surface area contributed by atoms with Crippen molar-refractivity contribution >= 4 is 29.0 Å². The fourth-order valence-electron chi connectivity index (χ4n) is 1.04. The van der Waals surface area contributed by atoms with Crippen molar-refractivity contribution in [2.24, 2.45) is 5.84 Å². The predicted molar refractivity (Wildman–Crippen MR) is 69.7 cm³/mol. The molecule has 9 heteroatoms. The van der Waals surface area contributed by atoms with Gasteiger partial charge >= 0.3 is 6.01 Å². The van der Waals surface area contributed by atoms with E-state index in [-0.39, 0.29) is 12.0 Å². The lowest BCUT2D eigenvalue weighted by molar-refractivity contribution is 0.288. The van der Waals surface area contributed by atoms with E-state index in [0.717, 1.165) is 10.8 Å². The van der Waals surface area contributed by atoms with Crippen molar-refractivity contribution in [3.63, 3.8) is 0 Å². The Hall–Kier alpha value is -1.45. The Balaban J connectivity index is 2.17. The Bertz CT molecular complexity index is 492. The number of thiazole rings is 1. The molecule has 0 radical (unpaired) electrons. The molecule has 2 heterocycles. The summed E-state index contributed by atoms with van der Waals surface area (Å²) in [6, 6.07) is 0.263. The average Bonchev–Trinajstić information content (AvgIpc) is 2.89. The zero-order chi connectivity index (χ0) is 12.8. The van der Waals surface area contributed by atoms with E-state index in [0.29, 0.717) is 11.8 Å². The summed E-state index contributed by atoms with van der Waals surface area (Å²) in [6.07, 6.45) is 2.61. The molecule has 0 unspecified atom stereocenters. The first kappa shape index (κ1) is 13.0. The van der Waals surface area contributed by atoms with Crippen LogP contribution in [-0.2, 0) is 0 Å². The molecular weight excluding hydrogens is 272 g/mol. The lowest BCUT2D eigenvalue weighted by Gasteiger charge is -2.05. The maximum Gasteiger partial charge on any atom is 0.322 e. The molecule has 0 atom stereocenters. The van der Waals surface area contributed by atoms with Gasteiger partial charge in [0.15, 0.2) is 4.34 Å². The molecule has 0 saturated heterocycles. The summed E-state index contributed by atoms with van der Waals surface area (Å²) in [5.41, 5.74) is 2.39. The van der Waals surface area contributed by atoms with Gasteiger partial charge in [-0.25, -0.2) is 10.8 Å². The average molecular weight is 284 g/mol. The number of nitrogens with one attached hydrogen (secondary N) is 1. The summed E-state index contributed by atoms with van der Waals surface area (Å²) in [5, 5.41) is 2.39. The minimum Gasteiger partial charge on any atom is -0.463 e. The Kier molecular flexibility index (Phi) is 4.67. The molecule has 0 saturated carbocycles. The molecule has 0 spiro atoms. The maximum atomic E-state index is 5.37. The van der Waals surface area contributed by atoms with Crippen molar-refractivity contribution in [2.75, 3.05) is 12.0 Å². The van der Waals surface area contributed by atoms with Crippen LogP contribution in [-0.4, -0.2) is 26.5 Å². The molecule has 2 aromatic heterocycles. The van der Waals surface area contributed by atoms with Gasteiger partial charge in [-0.1, -0.05) is 6.92 Å². The van der Waals surface area contributed by atoms with Crippen LogP contribution in [0.2, 0.25) is 0 Å². The van der Waals surface area contributed by atoms with Crippen molar-refractivity contribution in [3.05, 3.63) is 11.6 Å². The molecule has 2 rings (SSSR count). The summed E-state index contributed by atoms with van der Waals surface area (Å²) in [5.74, 6) is 5.58. The summed E-state index contributed by atoms with van der Waals surface area (Å²) >= 11 is 2.85. The Morgan fingerprint density at radius 1 is 1.44 bits per heavy atom. The molecule has 0 aliphatic heterocycles. The summed E-state index contributed by atoms with van der Waals surface area (Å²) in [4.78, 5) is 16.5. The van der Waals surface area contributed by atoms with Crippen LogP contribution >= 0.6 is 23.1 Å². The minimum absolute atomic E-state index is 0.263. The minimum atomic E-state index is 0.263. The van der Waals surface area contributed by atoms with Gasteiger partial charge in [0.1, 0.15) is 0 Å². The molecule has 0 aliphatic rings. The highest BCUT2D eigenvalue weighted by molar-refractivity contribution is 8.00. The molecular formula is C9H12N6OS2. The second-order valence-electron chi connectivity index (χ2n) is 3.12. The third-order valence-corrected chi connectivity index (χ3v) is 3.50. The number of rotatable bonds is 6. The van der Waals surface area contributed by atoms with Crippen LogP contribution in [0.15, 0.2) is 21.1 Å². The highest BCUT2D eigenvalue weighted by Crippen LogP contribution is 2.27. The van der Waals surface area contributed by atoms with E-state index in [1.807, 2.05) is 12.3 Å². The quantitative estimate of drug-likeness (QED) is 0.609. The van der Waals surface area contributed by atoms with E-state index in [2.05, 4.69) is 25.4 Å². The third-order valence-electron chi connectivity index (χ3n) is 1.75. The summed E-state index contributed by atoms with van der Waals surface area (Å²) in [7, 11) is 0. The number of hydrogen-bond acceptors (Lipinski definition) is 9. The maximum absolute atomic E-state index is 5.37. The van der Waals surface area contributed by atoms with Gasteiger partial charge < -0.3 is 4.74 Å². The number of anilines is 1. The van der Waals surface area contributed by atoms with Gasteiger partial charge in [0, 0.05) is 11.6 Å². The van der Waals surface area contributed by atoms with Crippen LogP contribution in [0.25, 0.3) is 0 Å². The van der Waals surface area contributed by atoms with Crippen molar-refractivity contribution in [3.8, 4) is 6.01 Å². The van der Waals surface area contributed by atoms with Crippen LogP contribution in [0.1, 0.15) is 13.3 Å².